The predicted molar refractivity (Wildman–Crippen MR) is 116 cm³/mol. The summed E-state index contributed by atoms with van der Waals surface area (Å²) in [6.07, 6.45) is 1.92. The molecule has 0 saturated carbocycles. The van der Waals surface area contributed by atoms with Crippen LogP contribution in [-0.2, 0) is 16.8 Å². The van der Waals surface area contributed by atoms with E-state index >= 15 is 0 Å². The van der Waals surface area contributed by atoms with E-state index in [9.17, 15) is 22.0 Å². The zero-order valence-corrected chi connectivity index (χ0v) is 18.8. The molecule has 1 aliphatic rings. The number of benzene rings is 1. The Hall–Kier alpha value is -3.84. The average molecular weight is 491 g/mol. The monoisotopic (exact) mass is 491 g/mol. The van der Waals surface area contributed by atoms with Crippen LogP contribution in [0.3, 0.4) is 0 Å². The highest BCUT2D eigenvalue weighted by molar-refractivity contribution is 7.90. The van der Waals surface area contributed by atoms with Gasteiger partial charge in [0.25, 0.3) is 16.1 Å². The van der Waals surface area contributed by atoms with Gasteiger partial charge in [-0.3, -0.25) is 14.6 Å². The van der Waals surface area contributed by atoms with Gasteiger partial charge < -0.3 is 9.47 Å². The number of ether oxygens (including phenoxy) is 2. The third kappa shape index (κ3) is 4.75. The van der Waals surface area contributed by atoms with E-state index in [2.05, 4.69) is 14.7 Å². The molecule has 0 radical (unpaired) electrons. The molecule has 3 aromatic rings. The van der Waals surface area contributed by atoms with Crippen LogP contribution in [0.15, 0.2) is 48.8 Å². The zero-order chi connectivity index (χ0) is 24.5. The van der Waals surface area contributed by atoms with Crippen LogP contribution < -0.4 is 18.9 Å². The van der Waals surface area contributed by atoms with Crippen LogP contribution in [0.4, 0.5) is 19.3 Å². The molecule has 0 fully saturated rings. The summed E-state index contributed by atoms with van der Waals surface area (Å²) in [5.74, 6) is -1.54. The number of rotatable bonds is 7. The number of hydrogen-bond donors (Lipinski definition) is 2. The van der Waals surface area contributed by atoms with Crippen molar-refractivity contribution in [3.05, 3.63) is 71.7 Å². The molecule has 0 aliphatic carbocycles. The number of nitrogens with one attached hydrogen (secondary N) is 2. The first kappa shape index (κ1) is 23.3. The predicted octanol–water partition coefficient (Wildman–Crippen LogP) is 3.50. The maximum atomic E-state index is 14.9. The Balaban J connectivity index is 1.56. The number of halogens is 2. The highest BCUT2D eigenvalue weighted by Gasteiger charge is 2.34. The topological polar surface area (TPSA) is 123 Å². The lowest BCUT2D eigenvalue weighted by Crippen LogP contribution is -2.40. The molecule has 0 spiro atoms. The fraction of sp³-hybridized carbons (Fsp3) is 0.190. The SMILES string of the molecule is CNS(=O)(=O)Nc1cccc(CN2C(=O)Oc3cc(Oc4ncccc4F)cnc3[C@H]2C)c1F. The molecule has 1 atom stereocenters. The summed E-state index contributed by atoms with van der Waals surface area (Å²) < 4.78 is 67.0. The minimum atomic E-state index is -3.93. The van der Waals surface area contributed by atoms with Crippen LogP contribution >= 0.6 is 0 Å². The molecule has 0 unspecified atom stereocenters. The van der Waals surface area contributed by atoms with Gasteiger partial charge in [0.2, 0.25) is 0 Å². The fourth-order valence-corrected chi connectivity index (χ4v) is 3.82. The number of pyridine rings is 2. The molecule has 0 bridgehead atoms. The van der Waals surface area contributed by atoms with Crippen molar-refractivity contribution in [3.8, 4) is 17.4 Å². The Bertz CT molecular complexity index is 1360. The number of amides is 1. The standard InChI is InChI=1S/C21H19F2N5O5S/c1-12-19-17(9-14(10-26-19)32-20-15(22)6-4-8-25-20)33-21(29)28(12)11-13-5-3-7-16(18(13)23)27-34(30,31)24-2/h3-10,12,24,27H,11H2,1-2H3/t12-/m1/s1. The summed E-state index contributed by atoms with van der Waals surface area (Å²) in [6, 6.07) is 7.51. The van der Waals surface area contributed by atoms with E-state index in [4.69, 9.17) is 9.47 Å². The number of hydrogen-bond acceptors (Lipinski definition) is 7. The molecule has 2 N–H and O–H groups in total. The highest BCUT2D eigenvalue weighted by Crippen LogP contribution is 2.37. The smallest absolute Gasteiger partial charge is 0.416 e. The maximum absolute atomic E-state index is 14.9. The fourth-order valence-electron chi connectivity index (χ4n) is 3.27. The van der Waals surface area contributed by atoms with Gasteiger partial charge in [-0.1, -0.05) is 12.1 Å². The molecule has 178 valence electrons. The second kappa shape index (κ2) is 9.19. The van der Waals surface area contributed by atoms with Gasteiger partial charge in [-0.15, -0.1) is 0 Å². The molecule has 3 heterocycles. The van der Waals surface area contributed by atoms with Crippen LogP contribution in [0, 0.1) is 11.6 Å². The van der Waals surface area contributed by atoms with Crippen molar-refractivity contribution in [1.29, 1.82) is 0 Å². The van der Waals surface area contributed by atoms with Crippen LogP contribution in [0.2, 0.25) is 0 Å². The number of nitrogens with zero attached hydrogens (tertiary/aromatic N) is 3. The van der Waals surface area contributed by atoms with E-state index < -0.39 is 34.0 Å². The number of carbonyl (C=O) groups is 1. The van der Waals surface area contributed by atoms with Gasteiger partial charge in [-0.05, 0) is 25.1 Å². The number of fused-ring (bicyclic) bond motifs is 1. The first-order valence-electron chi connectivity index (χ1n) is 9.94. The highest BCUT2D eigenvalue weighted by atomic mass is 32.2. The Morgan fingerprint density at radius 2 is 2.00 bits per heavy atom. The van der Waals surface area contributed by atoms with Gasteiger partial charge in [-0.2, -0.15) is 8.42 Å². The Morgan fingerprint density at radius 3 is 2.74 bits per heavy atom. The van der Waals surface area contributed by atoms with Gasteiger partial charge in [0, 0.05) is 24.9 Å². The van der Waals surface area contributed by atoms with Gasteiger partial charge >= 0.3 is 6.09 Å². The van der Waals surface area contributed by atoms with Crippen LogP contribution in [0.5, 0.6) is 17.4 Å². The lowest BCUT2D eigenvalue weighted by Gasteiger charge is -2.33. The molecule has 0 saturated heterocycles. The summed E-state index contributed by atoms with van der Waals surface area (Å²) in [4.78, 5) is 22.0. The molecule has 10 nitrogen and oxygen atoms in total. The number of aromatic nitrogens is 2. The third-order valence-corrected chi connectivity index (χ3v) is 6.05. The van der Waals surface area contributed by atoms with Crippen molar-refractivity contribution >= 4 is 22.0 Å². The summed E-state index contributed by atoms with van der Waals surface area (Å²) in [7, 11) is -2.75. The molecule has 2 aromatic heterocycles. The normalized spacial score (nSPS) is 15.5. The van der Waals surface area contributed by atoms with Crippen LogP contribution in [0.1, 0.15) is 24.2 Å². The molecular weight excluding hydrogens is 472 g/mol. The zero-order valence-electron chi connectivity index (χ0n) is 18.0. The quantitative estimate of drug-likeness (QED) is 0.519. The maximum Gasteiger partial charge on any atom is 0.416 e. The molecule has 34 heavy (non-hydrogen) atoms. The van der Waals surface area contributed by atoms with Crippen molar-refractivity contribution in [1.82, 2.24) is 19.6 Å². The van der Waals surface area contributed by atoms with Gasteiger partial charge in [-0.25, -0.2) is 23.3 Å². The Kier molecular flexibility index (Phi) is 6.30. The number of carbonyl (C=O) groups excluding carboxylic acids is 1. The Labute approximate surface area is 193 Å². The van der Waals surface area contributed by atoms with E-state index in [0.717, 1.165) is 0 Å². The van der Waals surface area contributed by atoms with E-state index in [1.54, 1.807) is 6.92 Å². The average Bonchev–Trinajstić information content (AvgIpc) is 2.80. The van der Waals surface area contributed by atoms with E-state index in [1.165, 1.54) is 60.7 Å². The van der Waals surface area contributed by atoms with Crippen LogP contribution in [0.25, 0.3) is 0 Å². The minimum Gasteiger partial charge on any atom is -0.435 e. The van der Waals surface area contributed by atoms with Crippen molar-refractivity contribution in [2.24, 2.45) is 0 Å². The van der Waals surface area contributed by atoms with Crippen molar-refractivity contribution < 1.29 is 31.5 Å². The van der Waals surface area contributed by atoms with Gasteiger partial charge in [0.15, 0.2) is 23.1 Å². The first-order chi connectivity index (χ1) is 16.2. The summed E-state index contributed by atoms with van der Waals surface area (Å²) in [6.45, 7) is 1.47. The van der Waals surface area contributed by atoms with Gasteiger partial charge in [0.1, 0.15) is 5.69 Å². The molecule has 4 rings (SSSR count). The molecule has 1 aliphatic heterocycles. The van der Waals surface area contributed by atoms with Crippen molar-refractivity contribution in [2.75, 3.05) is 11.8 Å². The number of anilines is 1. The third-order valence-electron chi connectivity index (χ3n) is 5.02. The van der Waals surface area contributed by atoms with Gasteiger partial charge in [0.05, 0.1) is 24.5 Å². The van der Waals surface area contributed by atoms with Crippen LogP contribution in [-0.4, -0.2) is 36.4 Å². The van der Waals surface area contributed by atoms with E-state index in [1.807, 2.05) is 4.72 Å². The lowest BCUT2D eigenvalue weighted by molar-refractivity contribution is 0.114. The molecular formula is C21H19F2N5O5S. The summed E-state index contributed by atoms with van der Waals surface area (Å²) >= 11 is 0. The lowest BCUT2D eigenvalue weighted by atomic mass is 10.1. The first-order valence-corrected chi connectivity index (χ1v) is 11.4. The largest absolute Gasteiger partial charge is 0.435 e. The van der Waals surface area contributed by atoms with Crippen molar-refractivity contribution in [2.45, 2.75) is 19.5 Å². The molecule has 1 aromatic carbocycles. The van der Waals surface area contributed by atoms with E-state index in [-0.39, 0.29) is 35.2 Å². The van der Waals surface area contributed by atoms with E-state index in [0.29, 0.717) is 5.69 Å². The Morgan fingerprint density at radius 1 is 1.21 bits per heavy atom. The minimum absolute atomic E-state index is 0.0640. The second-order valence-corrected chi connectivity index (χ2v) is 8.83. The van der Waals surface area contributed by atoms with Crippen molar-refractivity contribution in [3.63, 3.8) is 0 Å². The second-order valence-electron chi connectivity index (χ2n) is 7.21. The summed E-state index contributed by atoms with van der Waals surface area (Å²) in [5.41, 5.74) is 0.168. The molecule has 13 heteroatoms. The summed E-state index contributed by atoms with van der Waals surface area (Å²) in [5, 5.41) is 0. The molecule has 1 amide bonds.